The maximum Gasteiger partial charge on any atom is 0.0337 e. The lowest BCUT2D eigenvalue weighted by molar-refractivity contribution is 0.0958. The van der Waals surface area contributed by atoms with Crippen LogP contribution in [-0.2, 0) is 0 Å². The van der Waals surface area contributed by atoms with Crippen molar-refractivity contribution in [3.63, 3.8) is 0 Å². The van der Waals surface area contributed by atoms with Gasteiger partial charge in [-0.1, -0.05) is 13.0 Å². The number of nitrogens with zero attached hydrogens (tertiary/aromatic N) is 2. The zero-order valence-electron chi connectivity index (χ0n) is 11.8. The van der Waals surface area contributed by atoms with E-state index in [0.717, 1.165) is 6.54 Å². The van der Waals surface area contributed by atoms with Crippen molar-refractivity contribution < 1.29 is 0 Å². The Morgan fingerprint density at radius 3 is 3.00 bits per heavy atom. The SMILES string of the molecule is CCNC1CCN(C(C)c2cccnc2)C(C)C1. The Hall–Kier alpha value is -0.930. The highest BCUT2D eigenvalue weighted by atomic mass is 15.2. The van der Waals surface area contributed by atoms with E-state index in [4.69, 9.17) is 0 Å². The minimum Gasteiger partial charge on any atom is -0.314 e. The lowest BCUT2D eigenvalue weighted by Gasteiger charge is -2.41. The molecule has 3 unspecified atom stereocenters. The van der Waals surface area contributed by atoms with Crippen molar-refractivity contribution in [1.29, 1.82) is 0 Å². The predicted molar refractivity (Wildman–Crippen MR) is 75.5 cm³/mol. The molecule has 0 spiro atoms. The lowest BCUT2D eigenvalue weighted by Crippen LogP contribution is -2.48. The molecular weight excluding hydrogens is 222 g/mol. The molecule has 0 aromatic carbocycles. The second-order valence-corrected chi connectivity index (χ2v) is 5.33. The molecule has 0 saturated carbocycles. The summed E-state index contributed by atoms with van der Waals surface area (Å²) in [5, 5.41) is 3.58. The summed E-state index contributed by atoms with van der Waals surface area (Å²) < 4.78 is 0. The molecule has 2 heterocycles. The van der Waals surface area contributed by atoms with E-state index in [1.807, 2.05) is 18.5 Å². The Morgan fingerprint density at radius 1 is 1.56 bits per heavy atom. The molecule has 0 aliphatic carbocycles. The monoisotopic (exact) mass is 247 g/mol. The van der Waals surface area contributed by atoms with Crippen LogP contribution in [-0.4, -0.2) is 35.1 Å². The highest BCUT2D eigenvalue weighted by Crippen LogP contribution is 2.27. The van der Waals surface area contributed by atoms with Gasteiger partial charge in [0.2, 0.25) is 0 Å². The van der Waals surface area contributed by atoms with E-state index in [2.05, 4.69) is 42.0 Å². The maximum absolute atomic E-state index is 4.23. The summed E-state index contributed by atoms with van der Waals surface area (Å²) in [6.45, 7) is 9.08. The van der Waals surface area contributed by atoms with Crippen LogP contribution in [0.1, 0.15) is 45.2 Å². The third-order valence-corrected chi connectivity index (χ3v) is 4.08. The Bertz CT molecular complexity index is 352. The van der Waals surface area contributed by atoms with E-state index in [1.54, 1.807) is 0 Å². The first-order valence-electron chi connectivity index (χ1n) is 7.11. The van der Waals surface area contributed by atoms with Crippen molar-refractivity contribution in [3.8, 4) is 0 Å². The largest absolute Gasteiger partial charge is 0.314 e. The van der Waals surface area contributed by atoms with Crippen LogP contribution in [0.4, 0.5) is 0 Å². The number of nitrogens with one attached hydrogen (secondary N) is 1. The van der Waals surface area contributed by atoms with Crippen LogP contribution < -0.4 is 5.32 Å². The van der Waals surface area contributed by atoms with Gasteiger partial charge in [-0.3, -0.25) is 9.88 Å². The van der Waals surface area contributed by atoms with E-state index in [1.165, 1.54) is 24.9 Å². The quantitative estimate of drug-likeness (QED) is 0.886. The first-order chi connectivity index (χ1) is 8.72. The van der Waals surface area contributed by atoms with Crippen molar-refractivity contribution in [1.82, 2.24) is 15.2 Å². The average molecular weight is 247 g/mol. The highest BCUT2D eigenvalue weighted by Gasteiger charge is 2.28. The fourth-order valence-electron chi connectivity index (χ4n) is 3.05. The van der Waals surface area contributed by atoms with Crippen LogP contribution in [0, 0.1) is 0 Å². The fraction of sp³-hybridized carbons (Fsp3) is 0.667. The standard InChI is InChI=1S/C15H25N3/c1-4-17-15-7-9-18(12(2)10-15)13(3)14-6-5-8-16-11-14/h5-6,8,11-13,15,17H,4,7,9-10H2,1-3H3. The predicted octanol–water partition coefficient (Wildman–Crippen LogP) is 2.61. The molecule has 1 saturated heterocycles. The van der Waals surface area contributed by atoms with Crippen LogP contribution >= 0.6 is 0 Å². The number of hydrogen-bond donors (Lipinski definition) is 1. The van der Waals surface area contributed by atoms with E-state index >= 15 is 0 Å². The second-order valence-electron chi connectivity index (χ2n) is 5.33. The first kappa shape index (κ1) is 13.5. The van der Waals surface area contributed by atoms with Gasteiger partial charge in [-0.05, 0) is 44.9 Å². The molecule has 1 aliphatic rings. The normalized spacial score (nSPS) is 27.1. The number of piperidine rings is 1. The molecule has 1 aliphatic heterocycles. The minimum atomic E-state index is 0.469. The van der Waals surface area contributed by atoms with E-state index < -0.39 is 0 Å². The van der Waals surface area contributed by atoms with Crippen LogP contribution in [0.25, 0.3) is 0 Å². The minimum absolute atomic E-state index is 0.469. The molecule has 3 nitrogen and oxygen atoms in total. The molecule has 1 aromatic rings. The van der Waals surface area contributed by atoms with Gasteiger partial charge in [-0.2, -0.15) is 0 Å². The molecule has 1 fully saturated rings. The zero-order chi connectivity index (χ0) is 13.0. The summed E-state index contributed by atoms with van der Waals surface area (Å²) in [6.07, 6.45) is 6.34. The van der Waals surface area contributed by atoms with E-state index in [0.29, 0.717) is 18.1 Å². The number of rotatable bonds is 4. The molecule has 0 amide bonds. The molecule has 100 valence electrons. The number of pyridine rings is 1. The maximum atomic E-state index is 4.23. The molecule has 1 N–H and O–H groups in total. The number of aromatic nitrogens is 1. The van der Waals surface area contributed by atoms with Crippen molar-refractivity contribution in [3.05, 3.63) is 30.1 Å². The summed E-state index contributed by atoms with van der Waals surface area (Å²) in [7, 11) is 0. The highest BCUT2D eigenvalue weighted by molar-refractivity contribution is 5.13. The van der Waals surface area contributed by atoms with Gasteiger partial charge in [0, 0.05) is 37.1 Å². The summed E-state index contributed by atoms with van der Waals surface area (Å²) in [5.74, 6) is 0. The van der Waals surface area contributed by atoms with Gasteiger partial charge in [-0.25, -0.2) is 0 Å². The fourth-order valence-corrected chi connectivity index (χ4v) is 3.05. The third kappa shape index (κ3) is 3.09. The van der Waals surface area contributed by atoms with Gasteiger partial charge in [0.05, 0.1) is 0 Å². The van der Waals surface area contributed by atoms with Gasteiger partial charge in [-0.15, -0.1) is 0 Å². The molecular formula is C15H25N3. The Morgan fingerprint density at radius 2 is 2.39 bits per heavy atom. The van der Waals surface area contributed by atoms with Crippen molar-refractivity contribution in [2.45, 2.75) is 51.7 Å². The Kier molecular flexibility index (Phi) is 4.72. The molecule has 0 bridgehead atoms. The molecule has 3 atom stereocenters. The summed E-state index contributed by atoms with van der Waals surface area (Å²) in [5.41, 5.74) is 1.33. The molecule has 0 radical (unpaired) electrons. The average Bonchev–Trinajstić information content (AvgIpc) is 2.40. The van der Waals surface area contributed by atoms with Gasteiger partial charge < -0.3 is 5.32 Å². The summed E-state index contributed by atoms with van der Waals surface area (Å²) in [4.78, 5) is 6.83. The van der Waals surface area contributed by atoms with E-state index in [9.17, 15) is 0 Å². The molecule has 2 rings (SSSR count). The zero-order valence-corrected chi connectivity index (χ0v) is 11.8. The Labute approximate surface area is 111 Å². The van der Waals surface area contributed by atoms with Crippen molar-refractivity contribution in [2.75, 3.05) is 13.1 Å². The topological polar surface area (TPSA) is 28.2 Å². The summed E-state index contributed by atoms with van der Waals surface area (Å²) >= 11 is 0. The molecule has 3 heteroatoms. The van der Waals surface area contributed by atoms with Crippen LogP contribution in [0.2, 0.25) is 0 Å². The molecule has 18 heavy (non-hydrogen) atoms. The van der Waals surface area contributed by atoms with Crippen LogP contribution in [0.3, 0.4) is 0 Å². The second kappa shape index (κ2) is 6.30. The van der Waals surface area contributed by atoms with Gasteiger partial charge in [0.25, 0.3) is 0 Å². The Balaban J connectivity index is 1.98. The lowest BCUT2D eigenvalue weighted by atomic mass is 9.95. The van der Waals surface area contributed by atoms with Gasteiger partial charge in [0.15, 0.2) is 0 Å². The molecule has 1 aromatic heterocycles. The van der Waals surface area contributed by atoms with Gasteiger partial charge >= 0.3 is 0 Å². The summed E-state index contributed by atoms with van der Waals surface area (Å²) in [6, 6.07) is 6.01. The smallest absolute Gasteiger partial charge is 0.0337 e. The van der Waals surface area contributed by atoms with Gasteiger partial charge in [0.1, 0.15) is 0 Å². The third-order valence-electron chi connectivity index (χ3n) is 4.08. The van der Waals surface area contributed by atoms with Crippen LogP contribution in [0.5, 0.6) is 0 Å². The van der Waals surface area contributed by atoms with E-state index in [-0.39, 0.29) is 0 Å². The number of likely N-dealkylation sites (tertiary alicyclic amines) is 1. The van der Waals surface area contributed by atoms with Crippen LogP contribution in [0.15, 0.2) is 24.5 Å². The van der Waals surface area contributed by atoms with Crippen molar-refractivity contribution in [2.24, 2.45) is 0 Å². The number of hydrogen-bond acceptors (Lipinski definition) is 3. The first-order valence-corrected chi connectivity index (χ1v) is 7.11. The van der Waals surface area contributed by atoms with Crippen molar-refractivity contribution >= 4 is 0 Å².